The zero-order valence-electron chi connectivity index (χ0n) is 26.1. The Kier molecular flexibility index (Phi) is 4.56. The van der Waals surface area contributed by atoms with Gasteiger partial charge < -0.3 is 0 Å². The fourth-order valence-corrected chi connectivity index (χ4v) is 8.23. The van der Waals surface area contributed by atoms with Crippen LogP contribution in [0.25, 0.3) is 88.9 Å². The lowest BCUT2D eigenvalue weighted by Crippen LogP contribution is -2.22. The van der Waals surface area contributed by atoms with Crippen molar-refractivity contribution in [1.29, 1.82) is 0 Å². The fraction of sp³-hybridized carbons (Fsp3) is 0. The molecule has 50 heavy (non-hydrogen) atoms. The summed E-state index contributed by atoms with van der Waals surface area (Å²) in [7, 11) is 0. The van der Waals surface area contributed by atoms with Gasteiger partial charge in [-0.15, -0.1) is 0 Å². The van der Waals surface area contributed by atoms with Crippen LogP contribution in [0.4, 0.5) is 0 Å². The summed E-state index contributed by atoms with van der Waals surface area (Å²) in [5.74, 6) is 1.39. The van der Waals surface area contributed by atoms with Crippen LogP contribution < -0.4 is 11.1 Å². The highest BCUT2D eigenvalue weighted by molar-refractivity contribution is 6.00. The Bertz CT molecular complexity index is 3320. The Morgan fingerprint density at radius 2 is 0.740 bits per heavy atom. The predicted octanol–water partition coefficient (Wildman–Crippen LogP) is 6.99. The molecule has 10 heteroatoms. The van der Waals surface area contributed by atoms with Crippen LogP contribution in [0.2, 0.25) is 0 Å². The second-order valence-corrected chi connectivity index (χ2v) is 12.7. The number of hydrogen-bond acceptors (Lipinski definition) is 4. The van der Waals surface area contributed by atoms with Crippen molar-refractivity contribution >= 4 is 77.5 Å². The molecule has 0 aliphatic rings. The van der Waals surface area contributed by atoms with Gasteiger partial charge in [-0.1, -0.05) is 60.7 Å². The normalized spacial score (nSPS) is 12.6. The van der Waals surface area contributed by atoms with Crippen LogP contribution in [0.1, 0.15) is 0 Å². The average molecular weight is 647 g/mol. The fourth-order valence-electron chi connectivity index (χ4n) is 8.23. The second kappa shape index (κ2) is 8.82. The second-order valence-electron chi connectivity index (χ2n) is 12.7. The summed E-state index contributed by atoms with van der Waals surface area (Å²) in [6.07, 6.45) is 0. The van der Waals surface area contributed by atoms with Crippen LogP contribution >= 0.6 is 0 Å². The molecule has 0 spiro atoms. The standard InChI is InChI=1S/C40H22N8O2/c49-37-35-31(45-29-17-7-5-15-27(29)43-25-13-3-1-11-23(25)41-39(43)45)19-9-21-33(35)47-34-22-10-20-32(36(34)38(50)48(37)47)46-30-18-8-6-16-28(30)44-26-14-4-2-12-24(26)42-40(44)46/h1-22H. The lowest BCUT2D eigenvalue weighted by Gasteiger charge is -2.08. The number of nitrogens with zero attached hydrogens (tertiary/aromatic N) is 8. The van der Waals surface area contributed by atoms with Gasteiger partial charge in [-0.2, -0.15) is 4.52 Å². The maximum absolute atomic E-state index is 14.7. The number of fused-ring (bicyclic) bond motifs is 15. The maximum atomic E-state index is 14.7. The van der Waals surface area contributed by atoms with E-state index in [1.807, 2.05) is 118 Å². The van der Waals surface area contributed by atoms with Crippen molar-refractivity contribution in [1.82, 2.24) is 36.9 Å². The van der Waals surface area contributed by atoms with E-state index in [-0.39, 0.29) is 11.1 Å². The molecule has 12 aromatic rings. The zero-order chi connectivity index (χ0) is 32.8. The summed E-state index contributed by atoms with van der Waals surface area (Å²) in [6.45, 7) is 0. The van der Waals surface area contributed by atoms with Gasteiger partial charge in [-0.3, -0.25) is 27.5 Å². The summed E-state index contributed by atoms with van der Waals surface area (Å²) in [5.41, 5.74) is 9.28. The molecule has 0 atom stereocenters. The van der Waals surface area contributed by atoms with Crippen LogP contribution in [0.3, 0.4) is 0 Å². The van der Waals surface area contributed by atoms with Crippen molar-refractivity contribution in [2.24, 2.45) is 0 Å². The molecule has 6 heterocycles. The molecule has 10 nitrogen and oxygen atoms in total. The maximum Gasteiger partial charge on any atom is 0.284 e. The van der Waals surface area contributed by atoms with Crippen LogP contribution in [0.15, 0.2) is 143 Å². The highest BCUT2D eigenvalue weighted by Gasteiger charge is 2.26. The minimum absolute atomic E-state index is 0.385. The minimum Gasteiger partial charge on any atom is -0.277 e. The third-order valence-corrected chi connectivity index (χ3v) is 10.2. The summed E-state index contributed by atoms with van der Waals surface area (Å²) in [6, 6.07) is 43.7. The molecular weight excluding hydrogens is 624 g/mol. The molecule has 0 aliphatic heterocycles. The van der Waals surface area contributed by atoms with Crippen molar-refractivity contribution in [2.45, 2.75) is 0 Å². The Morgan fingerprint density at radius 3 is 1.20 bits per heavy atom. The highest BCUT2D eigenvalue weighted by atomic mass is 16.2. The van der Waals surface area contributed by atoms with Crippen LogP contribution in [-0.4, -0.2) is 36.9 Å². The molecule has 12 rings (SSSR count). The van der Waals surface area contributed by atoms with E-state index in [4.69, 9.17) is 9.97 Å². The molecule has 0 unspecified atom stereocenters. The van der Waals surface area contributed by atoms with Gasteiger partial charge in [0.15, 0.2) is 0 Å². The summed E-state index contributed by atoms with van der Waals surface area (Å²) in [4.78, 5) is 39.3. The lowest BCUT2D eigenvalue weighted by molar-refractivity contribution is 0.841. The highest BCUT2D eigenvalue weighted by Crippen LogP contribution is 2.34. The van der Waals surface area contributed by atoms with Gasteiger partial charge in [-0.25, -0.2) is 14.5 Å². The summed E-state index contributed by atoms with van der Waals surface area (Å²) < 4.78 is 11.3. The quantitative estimate of drug-likeness (QED) is 0.203. The predicted molar refractivity (Wildman–Crippen MR) is 196 cm³/mol. The van der Waals surface area contributed by atoms with E-state index in [1.54, 1.807) is 4.52 Å². The Morgan fingerprint density at radius 1 is 0.360 bits per heavy atom. The van der Waals surface area contributed by atoms with Gasteiger partial charge in [-0.05, 0) is 72.8 Å². The number of hydrogen-bond donors (Lipinski definition) is 0. The van der Waals surface area contributed by atoms with E-state index in [2.05, 4.69) is 33.1 Å². The Balaban J connectivity index is 1.21. The molecular formula is C40H22N8O2. The minimum atomic E-state index is -0.385. The van der Waals surface area contributed by atoms with E-state index in [9.17, 15) is 9.59 Å². The van der Waals surface area contributed by atoms with Crippen molar-refractivity contribution < 1.29 is 0 Å². The third-order valence-electron chi connectivity index (χ3n) is 10.2. The van der Waals surface area contributed by atoms with Crippen molar-refractivity contribution in [2.75, 3.05) is 0 Å². The van der Waals surface area contributed by atoms with E-state index < -0.39 is 0 Å². The van der Waals surface area contributed by atoms with Gasteiger partial charge in [0.25, 0.3) is 11.1 Å². The third kappa shape index (κ3) is 2.92. The molecule has 0 saturated carbocycles. The van der Waals surface area contributed by atoms with E-state index in [1.165, 1.54) is 4.52 Å². The van der Waals surface area contributed by atoms with Crippen LogP contribution in [-0.2, 0) is 0 Å². The number of para-hydroxylation sites is 8. The van der Waals surface area contributed by atoms with Gasteiger partial charge in [0.05, 0.1) is 77.3 Å². The molecule has 0 aliphatic carbocycles. The monoisotopic (exact) mass is 646 g/mol. The first-order valence-electron chi connectivity index (χ1n) is 16.4. The van der Waals surface area contributed by atoms with Gasteiger partial charge in [0.2, 0.25) is 11.6 Å². The zero-order valence-corrected chi connectivity index (χ0v) is 26.1. The summed E-state index contributed by atoms with van der Waals surface area (Å²) in [5, 5.41) is 0.890. The topological polar surface area (TPSA) is 87.4 Å². The molecule has 0 radical (unpaired) electrons. The van der Waals surface area contributed by atoms with Gasteiger partial charge in [0, 0.05) is 0 Å². The number of rotatable bonds is 2. The van der Waals surface area contributed by atoms with Crippen molar-refractivity contribution in [3.05, 3.63) is 154 Å². The molecule has 234 valence electrons. The van der Waals surface area contributed by atoms with E-state index >= 15 is 0 Å². The average Bonchev–Trinajstić information content (AvgIpc) is 3.97. The number of benzene rings is 6. The molecule has 0 saturated heterocycles. The first-order valence-corrected chi connectivity index (χ1v) is 16.4. The molecule has 0 N–H and O–H groups in total. The molecule has 0 fully saturated rings. The number of aromatic nitrogens is 8. The first-order chi connectivity index (χ1) is 24.7. The van der Waals surface area contributed by atoms with Crippen LogP contribution in [0, 0.1) is 0 Å². The molecule has 0 amide bonds. The molecule has 6 aromatic carbocycles. The van der Waals surface area contributed by atoms with Gasteiger partial charge >= 0.3 is 0 Å². The van der Waals surface area contributed by atoms with Crippen molar-refractivity contribution in [3.63, 3.8) is 0 Å². The lowest BCUT2D eigenvalue weighted by atomic mass is 10.1. The Labute approximate surface area is 279 Å². The Hall–Kier alpha value is -7.20. The van der Waals surface area contributed by atoms with Gasteiger partial charge in [0.1, 0.15) is 0 Å². The summed E-state index contributed by atoms with van der Waals surface area (Å²) >= 11 is 0. The molecule has 6 aromatic heterocycles. The van der Waals surface area contributed by atoms with Crippen LogP contribution in [0.5, 0.6) is 0 Å². The molecule has 0 bridgehead atoms. The SMILES string of the molecule is O=c1c2c(-n3c4ccccc4n4c5ccccc5nc34)cccc2n2c3cccc(-n4c5ccccc5n5c6ccccc6nc45)c3c(=O)n12. The smallest absolute Gasteiger partial charge is 0.277 e. The largest absolute Gasteiger partial charge is 0.284 e. The van der Waals surface area contributed by atoms with E-state index in [0.29, 0.717) is 44.7 Å². The first kappa shape index (κ1) is 25.8. The van der Waals surface area contributed by atoms with Crippen molar-refractivity contribution in [3.8, 4) is 11.4 Å². The van der Waals surface area contributed by atoms with E-state index in [0.717, 1.165) is 44.1 Å². The number of imidazole rings is 4.